The second-order valence-electron chi connectivity index (χ2n) is 7.10. The monoisotopic (exact) mass is 335 g/mol. The van der Waals surface area contributed by atoms with Crippen molar-refractivity contribution in [1.82, 2.24) is 4.98 Å². The third-order valence-corrected chi connectivity index (χ3v) is 6.19. The second kappa shape index (κ2) is 5.94. The molecule has 1 aliphatic rings. The summed E-state index contributed by atoms with van der Waals surface area (Å²) in [5, 5.41) is 1.21. The summed E-state index contributed by atoms with van der Waals surface area (Å²) < 4.78 is 0. The molecule has 0 radical (unpaired) electrons. The lowest BCUT2D eigenvalue weighted by Gasteiger charge is -2.36. The summed E-state index contributed by atoms with van der Waals surface area (Å²) in [6.45, 7) is 7.10. The molecular weight excluding hydrogens is 313 g/mol. The molecule has 0 fully saturated rings. The van der Waals surface area contributed by atoms with Gasteiger partial charge in [-0.2, -0.15) is 0 Å². The average molecular weight is 336 g/mol. The number of aromatic amines is 1. The van der Waals surface area contributed by atoms with Crippen LogP contribution < -0.4 is 0 Å². The van der Waals surface area contributed by atoms with Crippen molar-refractivity contribution in [3.8, 4) is 11.3 Å². The molecule has 0 amide bonds. The third kappa shape index (κ3) is 2.94. The second-order valence-corrected chi connectivity index (χ2v) is 7.91. The van der Waals surface area contributed by atoms with Gasteiger partial charge < -0.3 is 4.98 Å². The van der Waals surface area contributed by atoms with Gasteiger partial charge in [-0.3, -0.25) is 0 Å². The number of aryl methyl sites for hydroxylation is 1. The van der Waals surface area contributed by atoms with E-state index in [0.717, 1.165) is 23.6 Å². The van der Waals surface area contributed by atoms with E-state index in [0.29, 0.717) is 15.5 Å². The molecule has 1 heterocycles. The van der Waals surface area contributed by atoms with E-state index in [-0.39, 0.29) is 0 Å². The number of hydrogen-bond donors (Lipinski definition) is 1. The van der Waals surface area contributed by atoms with Crippen molar-refractivity contribution in [2.45, 2.75) is 46.5 Å². The maximum atomic E-state index is 6.15. The van der Waals surface area contributed by atoms with Crippen LogP contribution in [0.25, 0.3) is 11.3 Å². The van der Waals surface area contributed by atoms with Crippen LogP contribution >= 0.6 is 23.2 Å². The molecule has 118 valence electrons. The fourth-order valence-electron chi connectivity index (χ4n) is 3.41. The van der Waals surface area contributed by atoms with E-state index < -0.39 is 0 Å². The van der Waals surface area contributed by atoms with Gasteiger partial charge in [0.1, 0.15) is 0 Å². The Hall–Kier alpha value is -0.920. The molecule has 0 spiro atoms. The topological polar surface area (TPSA) is 15.8 Å². The molecule has 3 heteroatoms. The molecule has 0 aliphatic heterocycles. The molecule has 1 atom stereocenters. The van der Waals surface area contributed by atoms with Crippen molar-refractivity contribution in [2.75, 3.05) is 0 Å². The summed E-state index contributed by atoms with van der Waals surface area (Å²) in [5.74, 6) is 0.766. The van der Waals surface area contributed by atoms with Crippen molar-refractivity contribution in [1.29, 1.82) is 0 Å². The highest BCUT2D eigenvalue weighted by molar-refractivity contribution is 6.42. The maximum absolute atomic E-state index is 6.15. The number of aromatic nitrogens is 1. The van der Waals surface area contributed by atoms with E-state index in [2.05, 4.69) is 31.8 Å². The standard InChI is InChI=1S/C19H23Cl2N/c1-4-19(2,3)14-6-8-17-13(9-14)11-18(22-17)12-5-7-15(20)16(21)10-12/h5,7,10-11,14,22H,4,6,8-9H2,1-3H3. The Balaban J connectivity index is 1.89. The van der Waals surface area contributed by atoms with E-state index in [1.54, 1.807) is 0 Å². The van der Waals surface area contributed by atoms with Crippen molar-refractivity contribution in [2.24, 2.45) is 11.3 Å². The van der Waals surface area contributed by atoms with E-state index in [1.165, 1.54) is 30.5 Å². The normalized spacial score (nSPS) is 18.3. The van der Waals surface area contributed by atoms with Crippen LogP contribution in [0.4, 0.5) is 0 Å². The smallest absolute Gasteiger partial charge is 0.0599 e. The Morgan fingerprint density at radius 1 is 1.18 bits per heavy atom. The molecule has 0 saturated carbocycles. The molecular formula is C19H23Cl2N. The van der Waals surface area contributed by atoms with Crippen LogP contribution in [-0.4, -0.2) is 4.98 Å². The first kappa shape index (κ1) is 16.0. The third-order valence-electron chi connectivity index (χ3n) is 5.45. The molecule has 22 heavy (non-hydrogen) atoms. The van der Waals surface area contributed by atoms with E-state index in [4.69, 9.17) is 23.2 Å². The molecule has 1 aromatic heterocycles. The fourth-order valence-corrected chi connectivity index (χ4v) is 3.70. The minimum atomic E-state index is 0.415. The number of hydrogen-bond acceptors (Lipinski definition) is 0. The molecule has 3 rings (SSSR count). The van der Waals surface area contributed by atoms with E-state index >= 15 is 0 Å². The quantitative estimate of drug-likeness (QED) is 0.656. The van der Waals surface area contributed by atoms with Crippen LogP contribution in [0.1, 0.15) is 44.9 Å². The lowest BCUT2D eigenvalue weighted by Crippen LogP contribution is -2.28. The van der Waals surface area contributed by atoms with Crippen LogP contribution in [-0.2, 0) is 12.8 Å². The maximum Gasteiger partial charge on any atom is 0.0599 e. The Kier molecular flexibility index (Phi) is 4.31. The van der Waals surface area contributed by atoms with Crippen LogP contribution in [0, 0.1) is 11.3 Å². The minimum absolute atomic E-state index is 0.415. The average Bonchev–Trinajstić information content (AvgIpc) is 2.93. The first-order chi connectivity index (χ1) is 10.4. The first-order valence-corrected chi connectivity index (χ1v) is 8.82. The predicted octanol–water partition coefficient (Wildman–Crippen LogP) is 6.53. The van der Waals surface area contributed by atoms with Crippen molar-refractivity contribution >= 4 is 23.2 Å². The first-order valence-electron chi connectivity index (χ1n) is 8.07. The van der Waals surface area contributed by atoms with Crippen molar-refractivity contribution in [3.05, 3.63) is 45.6 Å². The lowest BCUT2D eigenvalue weighted by molar-refractivity contribution is 0.182. The zero-order chi connectivity index (χ0) is 15.9. The summed E-state index contributed by atoms with van der Waals surface area (Å²) in [4.78, 5) is 3.58. The molecule has 1 aliphatic carbocycles. The van der Waals surface area contributed by atoms with Crippen molar-refractivity contribution in [3.63, 3.8) is 0 Å². The molecule has 1 aromatic carbocycles. The zero-order valence-electron chi connectivity index (χ0n) is 13.5. The van der Waals surface area contributed by atoms with Gasteiger partial charge in [-0.15, -0.1) is 0 Å². The van der Waals surface area contributed by atoms with Gasteiger partial charge in [-0.1, -0.05) is 56.5 Å². The molecule has 0 saturated heterocycles. The molecule has 1 unspecified atom stereocenters. The lowest BCUT2D eigenvalue weighted by atomic mass is 9.69. The number of rotatable bonds is 3. The van der Waals surface area contributed by atoms with Gasteiger partial charge in [0.05, 0.1) is 10.0 Å². The highest BCUT2D eigenvalue weighted by Gasteiger charge is 2.31. The number of H-pyrrole nitrogens is 1. The number of benzene rings is 1. The zero-order valence-corrected chi connectivity index (χ0v) is 15.0. The molecule has 0 bridgehead atoms. The molecule has 1 nitrogen and oxygen atoms in total. The number of fused-ring (bicyclic) bond motifs is 1. The predicted molar refractivity (Wildman–Crippen MR) is 95.8 cm³/mol. The van der Waals surface area contributed by atoms with Crippen LogP contribution in [0.15, 0.2) is 24.3 Å². The minimum Gasteiger partial charge on any atom is -0.358 e. The van der Waals surface area contributed by atoms with Gasteiger partial charge >= 0.3 is 0 Å². The fraction of sp³-hybridized carbons (Fsp3) is 0.474. The Morgan fingerprint density at radius 3 is 2.64 bits per heavy atom. The highest BCUT2D eigenvalue weighted by atomic mass is 35.5. The highest BCUT2D eigenvalue weighted by Crippen LogP contribution is 2.41. The van der Waals surface area contributed by atoms with Crippen LogP contribution in [0.3, 0.4) is 0 Å². The van der Waals surface area contributed by atoms with Crippen LogP contribution in [0.5, 0.6) is 0 Å². The molecule has 1 N–H and O–H groups in total. The van der Waals surface area contributed by atoms with Gasteiger partial charge in [0, 0.05) is 11.4 Å². The van der Waals surface area contributed by atoms with E-state index in [1.807, 2.05) is 18.2 Å². The summed E-state index contributed by atoms with van der Waals surface area (Å²) in [7, 11) is 0. The summed E-state index contributed by atoms with van der Waals surface area (Å²) >= 11 is 12.2. The Morgan fingerprint density at radius 2 is 1.95 bits per heavy atom. The summed E-state index contributed by atoms with van der Waals surface area (Å²) in [5.41, 5.74) is 5.54. The number of halogens is 2. The van der Waals surface area contributed by atoms with Gasteiger partial charge in [-0.25, -0.2) is 0 Å². The largest absolute Gasteiger partial charge is 0.358 e. The molecule has 2 aromatic rings. The Bertz CT molecular complexity index is 685. The van der Waals surface area contributed by atoms with Gasteiger partial charge in [0.25, 0.3) is 0 Å². The summed E-state index contributed by atoms with van der Waals surface area (Å²) in [6.07, 6.45) is 4.82. The summed E-state index contributed by atoms with van der Waals surface area (Å²) in [6, 6.07) is 8.13. The van der Waals surface area contributed by atoms with Gasteiger partial charge in [0.15, 0.2) is 0 Å². The Labute approximate surface area is 143 Å². The van der Waals surface area contributed by atoms with Crippen LogP contribution in [0.2, 0.25) is 10.0 Å². The van der Waals surface area contributed by atoms with Gasteiger partial charge in [0.2, 0.25) is 0 Å². The van der Waals surface area contributed by atoms with Gasteiger partial charge in [-0.05, 0) is 59.9 Å². The number of nitrogens with one attached hydrogen (secondary N) is 1. The SMILES string of the molecule is CCC(C)(C)C1CCc2[nH]c(-c3ccc(Cl)c(Cl)c3)cc2C1. The van der Waals surface area contributed by atoms with Crippen molar-refractivity contribution < 1.29 is 0 Å². The van der Waals surface area contributed by atoms with E-state index in [9.17, 15) is 0 Å².